The lowest BCUT2D eigenvalue weighted by molar-refractivity contribution is -0.158. The molecule has 0 radical (unpaired) electrons. The largest absolute Gasteiger partial charge is 0.378 e. The molecule has 0 bridgehead atoms. The van der Waals surface area contributed by atoms with Gasteiger partial charge in [0.1, 0.15) is 0 Å². The van der Waals surface area contributed by atoms with Gasteiger partial charge in [-0.3, -0.25) is 4.90 Å². The highest BCUT2D eigenvalue weighted by Gasteiger charge is 2.58. The second-order valence-electron chi connectivity index (χ2n) is 7.52. The molecule has 0 aromatic rings. The summed E-state index contributed by atoms with van der Waals surface area (Å²) in [5, 5.41) is 0. The van der Waals surface area contributed by atoms with Gasteiger partial charge in [0.25, 0.3) is 0 Å². The van der Waals surface area contributed by atoms with Crippen LogP contribution in [0, 0.1) is 5.41 Å². The van der Waals surface area contributed by atoms with Gasteiger partial charge in [-0.1, -0.05) is 13.8 Å². The zero-order valence-electron chi connectivity index (χ0n) is 14.0. The van der Waals surface area contributed by atoms with E-state index in [2.05, 4.69) is 44.7 Å². The highest BCUT2D eigenvalue weighted by Crippen LogP contribution is 2.50. The van der Waals surface area contributed by atoms with Crippen molar-refractivity contribution in [1.82, 2.24) is 9.80 Å². The first-order valence-electron chi connectivity index (χ1n) is 8.09. The van der Waals surface area contributed by atoms with Crippen LogP contribution in [-0.4, -0.2) is 67.8 Å². The lowest BCUT2D eigenvalue weighted by Crippen LogP contribution is -2.74. The van der Waals surface area contributed by atoms with E-state index in [1.807, 2.05) is 0 Å². The molecular formula is C16H33N3O. The lowest BCUT2D eigenvalue weighted by Gasteiger charge is -2.60. The first-order valence-corrected chi connectivity index (χ1v) is 8.09. The van der Waals surface area contributed by atoms with Gasteiger partial charge in [0.05, 0.1) is 6.10 Å². The van der Waals surface area contributed by atoms with Crippen molar-refractivity contribution >= 4 is 0 Å². The molecule has 3 unspecified atom stereocenters. The molecule has 2 fully saturated rings. The number of likely N-dealkylation sites (tertiary alicyclic amines) is 1. The maximum absolute atomic E-state index is 6.72. The third kappa shape index (κ3) is 2.89. The molecule has 0 aromatic heterocycles. The van der Waals surface area contributed by atoms with Crippen molar-refractivity contribution in [3.8, 4) is 0 Å². The summed E-state index contributed by atoms with van der Waals surface area (Å²) in [5.41, 5.74) is 6.70. The number of ether oxygens (including phenoxy) is 1. The molecule has 3 atom stereocenters. The van der Waals surface area contributed by atoms with Gasteiger partial charge in [0, 0.05) is 36.7 Å². The second-order valence-corrected chi connectivity index (χ2v) is 7.52. The van der Waals surface area contributed by atoms with Gasteiger partial charge >= 0.3 is 0 Å². The molecule has 0 amide bonds. The molecule has 1 saturated heterocycles. The molecular weight excluding hydrogens is 250 g/mol. The molecule has 1 saturated carbocycles. The summed E-state index contributed by atoms with van der Waals surface area (Å²) in [5.74, 6) is 0. The standard InChI is InChI=1S/C16H33N3O/c1-6-20-14-10-16(17,15(14,2)3)12-19-9-7-8-13(11-19)18(4)5/h13-14H,6-12,17H2,1-5H3. The van der Waals surface area contributed by atoms with Gasteiger partial charge in [-0.15, -0.1) is 0 Å². The lowest BCUT2D eigenvalue weighted by atomic mass is 9.54. The van der Waals surface area contributed by atoms with Crippen LogP contribution in [0.15, 0.2) is 0 Å². The number of piperidine rings is 1. The zero-order chi connectivity index (χ0) is 15.0. The van der Waals surface area contributed by atoms with Crippen molar-refractivity contribution in [1.29, 1.82) is 0 Å². The van der Waals surface area contributed by atoms with E-state index < -0.39 is 0 Å². The topological polar surface area (TPSA) is 41.7 Å². The second kappa shape index (κ2) is 5.91. The number of nitrogens with two attached hydrogens (primary N) is 1. The van der Waals surface area contributed by atoms with E-state index in [-0.39, 0.29) is 11.0 Å². The minimum atomic E-state index is -0.0962. The number of hydrogen-bond donors (Lipinski definition) is 1. The molecule has 118 valence electrons. The van der Waals surface area contributed by atoms with Crippen molar-refractivity contribution in [2.75, 3.05) is 40.3 Å². The maximum atomic E-state index is 6.72. The Balaban J connectivity index is 1.93. The summed E-state index contributed by atoms with van der Waals surface area (Å²) in [7, 11) is 4.37. The van der Waals surface area contributed by atoms with Gasteiger partial charge in [-0.25, -0.2) is 0 Å². The van der Waals surface area contributed by atoms with Crippen LogP contribution < -0.4 is 5.73 Å². The number of nitrogens with zero attached hydrogens (tertiary/aromatic N) is 2. The van der Waals surface area contributed by atoms with E-state index in [1.165, 1.54) is 19.4 Å². The summed E-state index contributed by atoms with van der Waals surface area (Å²) in [6.07, 6.45) is 3.92. The van der Waals surface area contributed by atoms with E-state index in [9.17, 15) is 0 Å². The SMILES string of the molecule is CCOC1CC(N)(CN2CCCC(N(C)C)C2)C1(C)C. The van der Waals surface area contributed by atoms with E-state index in [0.29, 0.717) is 12.1 Å². The number of likely N-dealkylation sites (N-methyl/N-ethyl adjacent to an activating group) is 1. The van der Waals surface area contributed by atoms with Crippen molar-refractivity contribution in [3.63, 3.8) is 0 Å². The summed E-state index contributed by atoms with van der Waals surface area (Å²) in [6.45, 7) is 10.7. The molecule has 1 heterocycles. The van der Waals surface area contributed by atoms with Crippen LogP contribution >= 0.6 is 0 Å². The third-order valence-corrected chi connectivity index (χ3v) is 5.72. The predicted molar refractivity (Wildman–Crippen MR) is 83.9 cm³/mol. The van der Waals surface area contributed by atoms with Crippen molar-refractivity contribution < 1.29 is 4.74 Å². The number of rotatable bonds is 5. The molecule has 0 spiro atoms. The Morgan fingerprint density at radius 1 is 1.35 bits per heavy atom. The van der Waals surface area contributed by atoms with Crippen molar-refractivity contribution in [2.24, 2.45) is 11.1 Å². The average Bonchev–Trinajstić information content (AvgIpc) is 2.38. The molecule has 2 N–H and O–H groups in total. The normalized spacial score (nSPS) is 38.0. The molecule has 1 aliphatic carbocycles. The summed E-state index contributed by atoms with van der Waals surface area (Å²) in [4.78, 5) is 4.92. The van der Waals surface area contributed by atoms with Crippen LogP contribution in [0.25, 0.3) is 0 Å². The third-order valence-electron chi connectivity index (χ3n) is 5.72. The van der Waals surface area contributed by atoms with Crippen LogP contribution in [-0.2, 0) is 4.74 Å². The molecule has 2 rings (SSSR count). The van der Waals surface area contributed by atoms with Gasteiger partial charge in [0.2, 0.25) is 0 Å². The first-order chi connectivity index (χ1) is 9.30. The quantitative estimate of drug-likeness (QED) is 0.831. The van der Waals surface area contributed by atoms with E-state index in [0.717, 1.165) is 26.1 Å². The van der Waals surface area contributed by atoms with Crippen LogP contribution in [0.1, 0.15) is 40.0 Å². The van der Waals surface area contributed by atoms with E-state index >= 15 is 0 Å². The molecule has 2 aliphatic rings. The monoisotopic (exact) mass is 283 g/mol. The van der Waals surface area contributed by atoms with Crippen LogP contribution in [0.5, 0.6) is 0 Å². The zero-order valence-corrected chi connectivity index (χ0v) is 14.0. The molecule has 4 nitrogen and oxygen atoms in total. The Labute approximate surface area is 124 Å². The highest BCUT2D eigenvalue weighted by atomic mass is 16.5. The maximum Gasteiger partial charge on any atom is 0.0662 e. The van der Waals surface area contributed by atoms with Gasteiger partial charge < -0.3 is 15.4 Å². The smallest absolute Gasteiger partial charge is 0.0662 e. The summed E-state index contributed by atoms with van der Waals surface area (Å²) >= 11 is 0. The minimum absolute atomic E-state index is 0.0775. The van der Waals surface area contributed by atoms with Crippen molar-refractivity contribution in [2.45, 2.75) is 57.7 Å². The highest BCUT2D eigenvalue weighted by molar-refractivity contribution is 5.15. The van der Waals surface area contributed by atoms with E-state index in [1.54, 1.807) is 0 Å². The average molecular weight is 283 g/mol. The fourth-order valence-electron chi connectivity index (χ4n) is 3.77. The van der Waals surface area contributed by atoms with Crippen LogP contribution in [0.3, 0.4) is 0 Å². The molecule has 0 aromatic carbocycles. The van der Waals surface area contributed by atoms with Crippen LogP contribution in [0.4, 0.5) is 0 Å². The number of hydrogen-bond acceptors (Lipinski definition) is 4. The van der Waals surface area contributed by atoms with Gasteiger partial charge in [-0.05, 0) is 46.8 Å². The molecule has 20 heavy (non-hydrogen) atoms. The Hall–Kier alpha value is -0.160. The summed E-state index contributed by atoms with van der Waals surface area (Å²) in [6, 6.07) is 0.679. The van der Waals surface area contributed by atoms with Gasteiger partial charge in [0.15, 0.2) is 0 Å². The predicted octanol–water partition coefficient (Wildman–Crippen LogP) is 1.54. The van der Waals surface area contributed by atoms with Gasteiger partial charge in [-0.2, -0.15) is 0 Å². The minimum Gasteiger partial charge on any atom is -0.378 e. The van der Waals surface area contributed by atoms with Crippen LogP contribution in [0.2, 0.25) is 0 Å². The summed E-state index contributed by atoms with van der Waals surface area (Å²) < 4.78 is 5.83. The van der Waals surface area contributed by atoms with E-state index in [4.69, 9.17) is 10.5 Å². The Morgan fingerprint density at radius 2 is 2.05 bits per heavy atom. The first kappa shape index (κ1) is 16.2. The molecule has 1 aliphatic heterocycles. The Kier molecular flexibility index (Phi) is 4.80. The Bertz CT molecular complexity index is 332. The Morgan fingerprint density at radius 3 is 2.60 bits per heavy atom. The molecule has 4 heteroatoms. The fourth-order valence-corrected chi connectivity index (χ4v) is 3.77. The van der Waals surface area contributed by atoms with Crippen molar-refractivity contribution in [3.05, 3.63) is 0 Å². The fraction of sp³-hybridized carbons (Fsp3) is 1.00.